The summed E-state index contributed by atoms with van der Waals surface area (Å²) >= 11 is 0. The SMILES string of the molecule is Cn1c(=O)c2c(n(C)c1=O)[n+](C)cn2C.[O-][Cl+3]([O-])([O-])[O-]. The number of imidazole rings is 1. The Kier molecular flexibility index (Phi) is 4.36. The van der Waals surface area contributed by atoms with Gasteiger partial charge in [0.1, 0.15) is 0 Å². The maximum absolute atomic E-state index is 11.9. The van der Waals surface area contributed by atoms with Gasteiger partial charge < -0.3 is 0 Å². The predicted molar refractivity (Wildman–Crippen MR) is 54.6 cm³/mol. The molecule has 0 saturated carbocycles. The number of fused-ring (bicyclic) bond motifs is 1. The molecular formula is C9H13ClN4O6. The van der Waals surface area contributed by atoms with Crippen LogP contribution in [0.5, 0.6) is 0 Å². The van der Waals surface area contributed by atoms with Crippen molar-refractivity contribution in [3.8, 4) is 0 Å². The summed E-state index contributed by atoms with van der Waals surface area (Å²) < 4.78 is 40.0. The third kappa shape index (κ3) is 3.23. The van der Waals surface area contributed by atoms with Crippen LogP contribution in [0.3, 0.4) is 0 Å². The molecule has 0 fully saturated rings. The first-order valence-electron chi connectivity index (χ1n) is 5.17. The van der Waals surface area contributed by atoms with Crippen molar-refractivity contribution in [1.29, 1.82) is 0 Å². The Morgan fingerprint density at radius 1 is 1.05 bits per heavy atom. The molecule has 0 aromatic carbocycles. The summed E-state index contributed by atoms with van der Waals surface area (Å²) in [4.78, 5) is 23.5. The third-order valence-corrected chi connectivity index (χ3v) is 2.64. The lowest BCUT2D eigenvalue weighted by molar-refractivity contribution is -2.00. The van der Waals surface area contributed by atoms with E-state index in [-0.39, 0.29) is 11.2 Å². The highest BCUT2D eigenvalue weighted by atomic mass is 35.7. The number of aryl methyl sites for hydroxylation is 3. The normalized spacial score (nSPS) is 11.4. The number of aromatic nitrogens is 4. The first kappa shape index (κ1) is 16.3. The molecule has 10 nitrogen and oxygen atoms in total. The molecule has 2 rings (SSSR count). The number of rotatable bonds is 0. The standard InChI is InChI=1S/C9H13N4O2.ClHO4/c1-10-5-11(2)7-6(10)8(14)13(4)9(15)12(7)3;2-1(3,4)5/h5H,1-4H3;(H,2,3,4,5)/q+1;/p-1. The lowest BCUT2D eigenvalue weighted by Crippen LogP contribution is -2.68. The molecule has 2 aromatic rings. The Labute approximate surface area is 114 Å². The van der Waals surface area contributed by atoms with Crippen molar-refractivity contribution in [3.05, 3.63) is 27.2 Å². The number of hydrogen-bond acceptors (Lipinski definition) is 6. The average Bonchev–Trinajstić information content (AvgIpc) is 2.56. The van der Waals surface area contributed by atoms with Crippen LogP contribution in [0.15, 0.2) is 15.9 Å². The molecule has 0 unspecified atom stereocenters. The van der Waals surface area contributed by atoms with Gasteiger partial charge in [-0.25, -0.2) is 37.1 Å². The van der Waals surface area contributed by atoms with Crippen molar-refractivity contribution in [2.75, 3.05) is 0 Å². The van der Waals surface area contributed by atoms with Gasteiger partial charge in [-0.05, 0) is 0 Å². The molecule has 20 heavy (non-hydrogen) atoms. The first-order valence-corrected chi connectivity index (χ1v) is 6.41. The van der Waals surface area contributed by atoms with Crippen molar-refractivity contribution < 1.29 is 33.4 Å². The van der Waals surface area contributed by atoms with Crippen LogP contribution in [0.1, 0.15) is 0 Å². The van der Waals surface area contributed by atoms with Crippen LogP contribution < -0.4 is 34.5 Å². The highest BCUT2D eigenvalue weighted by Gasteiger charge is 2.20. The van der Waals surface area contributed by atoms with Crippen LogP contribution in [0, 0.1) is 10.2 Å². The number of nitrogens with zero attached hydrogens (tertiary/aromatic N) is 4. The minimum absolute atomic E-state index is 0.267. The molecule has 0 saturated heterocycles. The van der Waals surface area contributed by atoms with E-state index in [1.807, 2.05) is 0 Å². The van der Waals surface area contributed by atoms with Gasteiger partial charge in [-0.2, -0.15) is 0 Å². The molecule has 0 atom stereocenters. The van der Waals surface area contributed by atoms with E-state index in [0.29, 0.717) is 11.2 Å². The summed E-state index contributed by atoms with van der Waals surface area (Å²) in [6, 6.07) is 0. The van der Waals surface area contributed by atoms with E-state index in [1.54, 1.807) is 36.6 Å². The predicted octanol–water partition coefficient (Wildman–Crippen LogP) is -6.36. The van der Waals surface area contributed by atoms with Gasteiger partial charge in [0.15, 0.2) is 6.33 Å². The molecule has 11 heteroatoms. The van der Waals surface area contributed by atoms with E-state index in [1.165, 1.54) is 11.6 Å². The van der Waals surface area contributed by atoms with E-state index < -0.39 is 10.2 Å². The summed E-state index contributed by atoms with van der Waals surface area (Å²) in [7, 11) is 1.79. The first-order chi connectivity index (χ1) is 8.95. The zero-order valence-corrected chi connectivity index (χ0v) is 11.9. The molecule has 0 aliphatic carbocycles. The molecule has 0 N–H and O–H groups in total. The van der Waals surface area contributed by atoms with Crippen LogP contribution in [0.2, 0.25) is 0 Å². The van der Waals surface area contributed by atoms with Crippen LogP contribution in [0.4, 0.5) is 0 Å². The molecule has 0 spiro atoms. The van der Waals surface area contributed by atoms with Gasteiger partial charge >= 0.3 is 11.2 Å². The van der Waals surface area contributed by atoms with Gasteiger partial charge in [0.25, 0.3) is 5.65 Å². The Hall–Kier alpha value is -1.72. The Morgan fingerprint density at radius 3 is 1.95 bits per heavy atom. The van der Waals surface area contributed by atoms with Gasteiger partial charge in [0, 0.05) is 7.05 Å². The lowest BCUT2D eigenvalue weighted by atomic mass is 10.5. The molecule has 2 heterocycles. The van der Waals surface area contributed by atoms with Gasteiger partial charge in [-0.3, -0.25) is 9.36 Å². The van der Waals surface area contributed by atoms with Crippen molar-refractivity contribution in [2.24, 2.45) is 28.2 Å². The fraction of sp³-hybridized carbons (Fsp3) is 0.444. The topological polar surface area (TPSA) is 145 Å². The van der Waals surface area contributed by atoms with Crippen molar-refractivity contribution in [3.63, 3.8) is 0 Å². The molecule has 0 aliphatic heterocycles. The van der Waals surface area contributed by atoms with Crippen LogP contribution in [0.25, 0.3) is 11.2 Å². The lowest BCUT2D eigenvalue weighted by Gasteiger charge is -2.17. The number of hydrogen-bond donors (Lipinski definition) is 0. The molecule has 112 valence electrons. The highest BCUT2D eigenvalue weighted by molar-refractivity contribution is 5.66. The van der Waals surface area contributed by atoms with Gasteiger partial charge in [-0.15, -0.1) is 10.2 Å². The Balaban J connectivity index is 0.000000347. The fourth-order valence-electron chi connectivity index (χ4n) is 1.90. The van der Waals surface area contributed by atoms with Crippen LogP contribution >= 0.6 is 0 Å². The Bertz CT molecular complexity index is 747. The second kappa shape index (κ2) is 5.34. The third-order valence-electron chi connectivity index (χ3n) is 2.64. The summed E-state index contributed by atoms with van der Waals surface area (Å²) in [6.45, 7) is 0. The monoisotopic (exact) mass is 308 g/mol. The minimum atomic E-state index is -4.94. The summed E-state index contributed by atoms with van der Waals surface area (Å²) in [6.07, 6.45) is 1.77. The second-order valence-electron chi connectivity index (χ2n) is 4.09. The van der Waals surface area contributed by atoms with E-state index >= 15 is 0 Å². The summed E-state index contributed by atoms with van der Waals surface area (Å²) in [5.74, 6) is 0. The smallest absolute Gasteiger partial charge is 0.265 e. The highest BCUT2D eigenvalue weighted by Crippen LogP contribution is 1.99. The second-order valence-corrected chi connectivity index (χ2v) is 4.85. The van der Waals surface area contributed by atoms with E-state index in [0.717, 1.165) is 4.57 Å². The number of halogens is 1. The maximum atomic E-state index is 11.9. The molecule has 0 aliphatic rings. The molecule has 0 bridgehead atoms. The fourth-order valence-corrected chi connectivity index (χ4v) is 1.90. The average molecular weight is 309 g/mol. The van der Waals surface area contributed by atoms with Gasteiger partial charge in [0.2, 0.25) is 5.52 Å². The van der Waals surface area contributed by atoms with Gasteiger partial charge in [0.05, 0.1) is 21.1 Å². The largest absolute Gasteiger partial charge is 0.388 e. The van der Waals surface area contributed by atoms with E-state index in [4.69, 9.17) is 18.6 Å². The van der Waals surface area contributed by atoms with Gasteiger partial charge in [-0.1, -0.05) is 0 Å². The zero-order chi connectivity index (χ0) is 15.8. The summed E-state index contributed by atoms with van der Waals surface area (Å²) in [5, 5.41) is 0. The molecule has 0 radical (unpaired) electrons. The van der Waals surface area contributed by atoms with Crippen LogP contribution in [-0.4, -0.2) is 13.7 Å². The molecule has 0 amide bonds. The van der Waals surface area contributed by atoms with Crippen molar-refractivity contribution in [1.82, 2.24) is 13.7 Å². The van der Waals surface area contributed by atoms with Crippen LogP contribution in [-0.2, 0) is 28.2 Å². The maximum Gasteiger partial charge on any atom is 0.388 e. The summed E-state index contributed by atoms with van der Waals surface area (Å²) in [5.41, 5.74) is 0.582. The van der Waals surface area contributed by atoms with Crippen molar-refractivity contribution in [2.45, 2.75) is 0 Å². The Morgan fingerprint density at radius 2 is 1.50 bits per heavy atom. The van der Waals surface area contributed by atoms with E-state index in [9.17, 15) is 9.59 Å². The quantitative estimate of drug-likeness (QED) is 0.442. The minimum Gasteiger partial charge on any atom is -0.265 e. The van der Waals surface area contributed by atoms with Crippen molar-refractivity contribution >= 4 is 11.2 Å². The van der Waals surface area contributed by atoms with E-state index in [2.05, 4.69) is 0 Å². The zero-order valence-electron chi connectivity index (χ0n) is 11.2. The molecule has 2 aromatic heterocycles. The molecular weight excluding hydrogens is 296 g/mol.